The lowest BCUT2D eigenvalue weighted by molar-refractivity contribution is 0.415. The van der Waals surface area contributed by atoms with Gasteiger partial charge >= 0.3 is 0 Å². The van der Waals surface area contributed by atoms with E-state index in [1.807, 2.05) is 30.3 Å². The van der Waals surface area contributed by atoms with Crippen molar-refractivity contribution in [3.05, 3.63) is 59.1 Å². The monoisotopic (exact) mass is 362 g/mol. The van der Waals surface area contributed by atoms with Gasteiger partial charge in [0, 0.05) is 5.69 Å². The Labute approximate surface area is 154 Å². The summed E-state index contributed by atoms with van der Waals surface area (Å²) < 4.78 is 5.16. The molecule has 0 aliphatic rings. The number of rotatable bonds is 6. The molecule has 24 heavy (non-hydrogen) atoms. The zero-order valence-corrected chi connectivity index (χ0v) is 15.7. The van der Waals surface area contributed by atoms with E-state index in [0.29, 0.717) is 21.8 Å². The molecule has 0 fully saturated rings. The zero-order chi connectivity index (χ0) is 17.5. The van der Waals surface area contributed by atoms with Gasteiger partial charge in [-0.25, -0.2) is 0 Å². The van der Waals surface area contributed by atoms with Crippen LogP contribution in [0.5, 0.6) is 5.75 Å². The molecule has 3 nitrogen and oxygen atoms in total. The second-order valence-electron chi connectivity index (χ2n) is 6.04. The van der Waals surface area contributed by atoms with E-state index in [1.54, 1.807) is 13.2 Å². The first-order chi connectivity index (χ1) is 11.5. The minimum absolute atomic E-state index is 0.167. The lowest BCUT2D eigenvalue weighted by Crippen LogP contribution is -2.33. The molecular formula is C19H23ClN2OS. The van der Waals surface area contributed by atoms with Gasteiger partial charge in [0.2, 0.25) is 0 Å². The van der Waals surface area contributed by atoms with Crippen molar-refractivity contribution in [2.24, 2.45) is 5.92 Å². The summed E-state index contributed by atoms with van der Waals surface area (Å²) in [4.78, 5) is 0. The van der Waals surface area contributed by atoms with Crippen molar-refractivity contribution in [2.45, 2.75) is 26.3 Å². The lowest BCUT2D eigenvalue weighted by Gasteiger charge is -2.23. The number of methoxy groups -OCH3 is 1. The first-order valence-electron chi connectivity index (χ1n) is 7.95. The summed E-state index contributed by atoms with van der Waals surface area (Å²) in [5.41, 5.74) is 2.05. The Morgan fingerprint density at radius 2 is 1.88 bits per heavy atom. The van der Waals surface area contributed by atoms with Gasteiger partial charge in [-0.2, -0.15) is 0 Å². The van der Waals surface area contributed by atoms with Gasteiger partial charge in [0.15, 0.2) is 5.11 Å². The Balaban J connectivity index is 2.06. The molecule has 0 aromatic heterocycles. The first-order valence-corrected chi connectivity index (χ1v) is 8.74. The highest BCUT2D eigenvalue weighted by Gasteiger charge is 2.14. The smallest absolute Gasteiger partial charge is 0.171 e. The number of hydrogen-bond acceptors (Lipinski definition) is 2. The topological polar surface area (TPSA) is 33.3 Å². The molecule has 2 N–H and O–H groups in total. The zero-order valence-electron chi connectivity index (χ0n) is 14.2. The molecule has 1 atom stereocenters. The molecule has 2 aromatic rings. The second-order valence-corrected chi connectivity index (χ2v) is 6.86. The van der Waals surface area contributed by atoms with Crippen molar-refractivity contribution in [1.82, 2.24) is 5.32 Å². The van der Waals surface area contributed by atoms with E-state index in [0.717, 1.165) is 12.1 Å². The molecule has 0 spiro atoms. The Kier molecular flexibility index (Phi) is 6.88. The van der Waals surface area contributed by atoms with Gasteiger partial charge in [0.1, 0.15) is 5.75 Å². The van der Waals surface area contributed by atoms with Crippen LogP contribution < -0.4 is 15.4 Å². The van der Waals surface area contributed by atoms with Crippen LogP contribution in [0.1, 0.15) is 31.9 Å². The average Bonchev–Trinajstić information content (AvgIpc) is 2.55. The fourth-order valence-corrected chi connectivity index (χ4v) is 3.02. The predicted octanol–water partition coefficient (Wildman–Crippen LogP) is 5.42. The summed E-state index contributed by atoms with van der Waals surface area (Å²) in [6.45, 7) is 4.41. The summed E-state index contributed by atoms with van der Waals surface area (Å²) >= 11 is 11.6. The highest BCUT2D eigenvalue weighted by molar-refractivity contribution is 7.80. The molecule has 2 aromatic carbocycles. The molecule has 0 bridgehead atoms. The second kappa shape index (κ2) is 8.90. The van der Waals surface area contributed by atoms with E-state index < -0.39 is 0 Å². The van der Waals surface area contributed by atoms with Crippen LogP contribution in [0.2, 0.25) is 5.02 Å². The molecule has 5 heteroatoms. The normalized spacial score (nSPS) is 11.9. The molecule has 0 amide bonds. The fraction of sp³-hybridized carbons (Fsp3) is 0.316. The lowest BCUT2D eigenvalue weighted by atomic mass is 9.97. The van der Waals surface area contributed by atoms with Crippen LogP contribution in [0.4, 0.5) is 5.69 Å². The van der Waals surface area contributed by atoms with Crippen molar-refractivity contribution in [2.75, 3.05) is 12.4 Å². The summed E-state index contributed by atoms with van der Waals surface area (Å²) in [6.07, 6.45) is 0.995. The highest BCUT2D eigenvalue weighted by Crippen LogP contribution is 2.27. The molecule has 0 aliphatic carbocycles. The van der Waals surface area contributed by atoms with Gasteiger partial charge < -0.3 is 15.4 Å². The molecule has 0 saturated heterocycles. The number of ether oxygens (including phenoxy) is 1. The number of halogens is 1. The van der Waals surface area contributed by atoms with Crippen molar-refractivity contribution in [3.63, 3.8) is 0 Å². The fourth-order valence-electron chi connectivity index (χ4n) is 2.50. The van der Waals surface area contributed by atoms with Crippen LogP contribution in [0, 0.1) is 5.92 Å². The Morgan fingerprint density at radius 1 is 1.17 bits per heavy atom. The van der Waals surface area contributed by atoms with Crippen LogP contribution in [-0.2, 0) is 0 Å². The number of thiocarbonyl (C=S) groups is 1. The van der Waals surface area contributed by atoms with E-state index in [2.05, 4.69) is 36.6 Å². The molecular weight excluding hydrogens is 340 g/mol. The van der Waals surface area contributed by atoms with Crippen LogP contribution >= 0.6 is 23.8 Å². The SMILES string of the molecule is COc1ccc(NC(=S)NC(CC(C)C)c2ccccc2)cc1Cl. The largest absolute Gasteiger partial charge is 0.495 e. The van der Waals surface area contributed by atoms with Gasteiger partial charge in [-0.1, -0.05) is 55.8 Å². The first kappa shape index (κ1) is 18.6. The van der Waals surface area contributed by atoms with E-state index in [4.69, 9.17) is 28.6 Å². The molecule has 2 rings (SSSR count). The minimum atomic E-state index is 0.167. The molecule has 0 heterocycles. The maximum Gasteiger partial charge on any atom is 0.171 e. The highest BCUT2D eigenvalue weighted by atomic mass is 35.5. The number of nitrogens with one attached hydrogen (secondary N) is 2. The predicted molar refractivity (Wildman–Crippen MR) is 106 cm³/mol. The van der Waals surface area contributed by atoms with Gasteiger partial charge in [0.05, 0.1) is 18.2 Å². The summed E-state index contributed by atoms with van der Waals surface area (Å²) in [6, 6.07) is 16.0. The molecule has 1 unspecified atom stereocenters. The summed E-state index contributed by atoms with van der Waals surface area (Å²) in [5, 5.41) is 7.72. The van der Waals surface area contributed by atoms with Crippen LogP contribution in [0.3, 0.4) is 0 Å². The molecule has 0 aliphatic heterocycles. The van der Waals surface area contributed by atoms with Crippen LogP contribution in [0.25, 0.3) is 0 Å². The maximum atomic E-state index is 6.15. The Morgan fingerprint density at radius 3 is 2.46 bits per heavy atom. The maximum absolute atomic E-state index is 6.15. The summed E-state index contributed by atoms with van der Waals surface area (Å²) in [5.74, 6) is 1.20. The minimum Gasteiger partial charge on any atom is -0.495 e. The van der Waals surface area contributed by atoms with Crippen molar-refractivity contribution >= 4 is 34.6 Å². The average molecular weight is 363 g/mol. The molecule has 0 radical (unpaired) electrons. The van der Waals surface area contributed by atoms with E-state index in [9.17, 15) is 0 Å². The van der Waals surface area contributed by atoms with Crippen molar-refractivity contribution in [1.29, 1.82) is 0 Å². The number of benzene rings is 2. The Bertz CT molecular complexity index is 676. The van der Waals surface area contributed by atoms with Crippen molar-refractivity contribution in [3.8, 4) is 5.75 Å². The van der Waals surface area contributed by atoms with Gasteiger partial charge in [0.25, 0.3) is 0 Å². The standard InChI is InChI=1S/C19H23ClN2OS/c1-13(2)11-17(14-7-5-4-6-8-14)22-19(24)21-15-9-10-18(23-3)16(20)12-15/h4-10,12-13,17H,11H2,1-3H3,(H2,21,22,24). The third-order valence-electron chi connectivity index (χ3n) is 3.62. The van der Waals surface area contributed by atoms with Crippen LogP contribution in [-0.4, -0.2) is 12.2 Å². The number of hydrogen-bond donors (Lipinski definition) is 2. The van der Waals surface area contributed by atoms with Gasteiger partial charge in [-0.05, 0) is 48.3 Å². The van der Waals surface area contributed by atoms with Crippen LogP contribution in [0.15, 0.2) is 48.5 Å². The van der Waals surface area contributed by atoms with E-state index in [-0.39, 0.29) is 6.04 Å². The third-order valence-corrected chi connectivity index (χ3v) is 4.14. The van der Waals surface area contributed by atoms with Gasteiger partial charge in [-0.15, -0.1) is 0 Å². The van der Waals surface area contributed by atoms with E-state index in [1.165, 1.54) is 5.56 Å². The Hall–Kier alpha value is -1.78. The van der Waals surface area contributed by atoms with Crippen molar-refractivity contribution < 1.29 is 4.74 Å². The quantitative estimate of drug-likeness (QED) is 0.672. The number of anilines is 1. The third kappa shape index (κ3) is 5.39. The molecule has 0 saturated carbocycles. The van der Waals surface area contributed by atoms with E-state index >= 15 is 0 Å². The molecule has 128 valence electrons. The summed E-state index contributed by atoms with van der Waals surface area (Å²) in [7, 11) is 1.59. The van der Waals surface area contributed by atoms with Gasteiger partial charge in [-0.3, -0.25) is 0 Å².